The van der Waals surface area contributed by atoms with Gasteiger partial charge in [-0.05, 0) is 38.0 Å². The molecule has 0 aromatic rings. The molecule has 1 fully saturated rings. The van der Waals surface area contributed by atoms with Gasteiger partial charge in [-0.25, -0.2) is 0 Å². The molecule has 4 nitrogen and oxygen atoms in total. The zero-order chi connectivity index (χ0) is 15.0. The van der Waals surface area contributed by atoms with Crippen molar-refractivity contribution in [2.75, 3.05) is 19.8 Å². The van der Waals surface area contributed by atoms with Crippen LogP contribution in [0.4, 0.5) is 13.2 Å². The maximum atomic E-state index is 11.8. The zero-order valence-electron chi connectivity index (χ0n) is 11.5. The van der Waals surface area contributed by atoms with Crippen molar-refractivity contribution in [3.8, 4) is 0 Å². The lowest BCUT2D eigenvalue weighted by Crippen LogP contribution is -2.30. The van der Waals surface area contributed by atoms with Crippen molar-refractivity contribution < 1.29 is 22.7 Å². The first-order chi connectivity index (χ1) is 9.37. The van der Waals surface area contributed by atoms with Crippen LogP contribution in [0, 0.1) is 5.92 Å². The van der Waals surface area contributed by atoms with Crippen LogP contribution < -0.4 is 11.1 Å². The second kappa shape index (κ2) is 8.46. The summed E-state index contributed by atoms with van der Waals surface area (Å²) in [6, 6.07) is 0.297. The minimum atomic E-state index is -4.31. The van der Waals surface area contributed by atoms with E-state index in [1.807, 2.05) is 0 Å². The fourth-order valence-electron chi connectivity index (χ4n) is 2.35. The molecule has 0 aromatic carbocycles. The molecule has 0 spiro atoms. The molecular weight excluding hydrogens is 273 g/mol. The van der Waals surface area contributed by atoms with E-state index in [1.54, 1.807) is 0 Å². The predicted octanol–water partition coefficient (Wildman–Crippen LogP) is 1.98. The number of hydrogen-bond donors (Lipinski definition) is 2. The number of rotatable bonds is 7. The first-order valence-corrected chi connectivity index (χ1v) is 7.03. The average Bonchev–Trinajstić information content (AvgIpc) is 2.36. The Morgan fingerprint density at radius 3 is 2.50 bits per heavy atom. The third kappa shape index (κ3) is 8.37. The molecule has 20 heavy (non-hydrogen) atoms. The Hall–Kier alpha value is -0.820. The summed E-state index contributed by atoms with van der Waals surface area (Å²) in [4.78, 5) is 11.5. The molecule has 0 aromatic heterocycles. The van der Waals surface area contributed by atoms with E-state index in [0.29, 0.717) is 18.4 Å². The molecule has 0 aliphatic heterocycles. The van der Waals surface area contributed by atoms with Crippen LogP contribution in [0.5, 0.6) is 0 Å². The Balaban J connectivity index is 1.98. The smallest absolute Gasteiger partial charge is 0.370 e. The topological polar surface area (TPSA) is 64.4 Å². The van der Waals surface area contributed by atoms with Crippen LogP contribution in [-0.2, 0) is 9.53 Å². The molecule has 0 bridgehead atoms. The van der Waals surface area contributed by atoms with Gasteiger partial charge < -0.3 is 15.8 Å². The fourth-order valence-corrected chi connectivity index (χ4v) is 2.35. The maximum absolute atomic E-state index is 11.8. The summed E-state index contributed by atoms with van der Waals surface area (Å²) in [7, 11) is 0. The normalized spacial score (nSPS) is 23.6. The van der Waals surface area contributed by atoms with Crippen molar-refractivity contribution in [2.45, 2.75) is 50.7 Å². The van der Waals surface area contributed by atoms with Gasteiger partial charge in [0, 0.05) is 19.0 Å². The number of hydrogen-bond acceptors (Lipinski definition) is 3. The van der Waals surface area contributed by atoms with Gasteiger partial charge in [-0.1, -0.05) is 0 Å². The Labute approximate surface area is 117 Å². The lowest BCUT2D eigenvalue weighted by molar-refractivity contribution is -0.173. The van der Waals surface area contributed by atoms with Crippen LogP contribution in [0.15, 0.2) is 0 Å². The van der Waals surface area contributed by atoms with Crippen molar-refractivity contribution in [3.05, 3.63) is 0 Å². The number of alkyl halides is 3. The van der Waals surface area contributed by atoms with Crippen molar-refractivity contribution in [1.82, 2.24) is 5.32 Å². The highest BCUT2D eigenvalue weighted by atomic mass is 19.4. The molecule has 0 heterocycles. The summed E-state index contributed by atoms with van der Waals surface area (Å²) >= 11 is 0. The van der Waals surface area contributed by atoms with E-state index in [1.165, 1.54) is 0 Å². The van der Waals surface area contributed by atoms with Crippen LogP contribution in [0.25, 0.3) is 0 Å². The maximum Gasteiger partial charge on any atom is 0.411 e. The van der Waals surface area contributed by atoms with E-state index < -0.39 is 12.8 Å². The molecule has 1 aliphatic carbocycles. The molecule has 0 atom stereocenters. The lowest BCUT2D eigenvalue weighted by atomic mass is 9.84. The second-order valence-corrected chi connectivity index (χ2v) is 5.34. The van der Waals surface area contributed by atoms with E-state index in [-0.39, 0.29) is 19.1 Å². The Morgan fingerprint density at radius 1 is 1.25 bits per heavy atom. The van der Waals surface area contributed by atoms with Crippen LogP contribution in [0.1, 0.15) is 38.5 Å². The monoisotopic (exact) mass is 296 g/mol. The van der Waals surface area contributed by atoms with Crippen LogP contribution >= 0.6 is 0 Å². The largest absolute Gasteiger partial charge is 0.411 e. The zero-order valence-corrected chi connectivity index (χ0v) is 11.5. The van der Waals surface area contributed by atoms with Gasteiger partial charge in [0.15, 0.2) is 0 Å². The first-order valence-electron chi connectivity index (χ1n) is 7.03. The number of halogens is 3. The third-order valence-corrected chi connectivity index (χ3v) is 3.51. The summed E-state index contributed by atoms with van der Waals surface area (Å²) in [6.45, 7) is -1.28. The quantitative estimate of drug-likeness (QED) is 0.706. The van der Waals surface area contributed by atoms with Gasteiger partial charge in [0.2, 0.25) is 5.91 Å². The molecule has 0 saturated heterocycles. The molecule has 7 heteroatoms. The molecule has 3 N–H and O–H groups in total. The van der Waals surface area contributed by atoms with Crippen LogP contribution in [0.2, 0.25) is 0 Å². The number of nitrogens with two attached hydrogens (primary N) is 1. The van der Waals surface area contributed by atoms with Gasteiger partial charge in [0.1, 0.15) is 6.61 Å². The predicted molar refractivity (Wildman–Crippen MR) is 69.1 cm³/mol. The summed E-state index contributed by atoms with van der Waals surface area (Å²) in [5.74, 6) is 0.414. The standard InChI is InChI=1S/C13H23F3N2O2/c14-13(15,16)9-20-8-7-18-12(19)6-3-10-1-4-11(17)5-2-10/h10-11H,1-9,17H2,(H,18,19). The number of ether oxygens (including phenoxy) is 1. The molecule has 118 valence electrons. The molecule has 0 radical (unpaired) electrons. The molecular formula is C13H23F3N2O2. The van der Waals surface area contributed by atoms with Gasteiger partial charge in [-0.15, -0.1) is 0 Å². The number of carbonyl (C=O) groups is 1. The highest BCUT2D eigenvalue weighted by Gasteiger charge is 2.27. The lowest BCUT2D eigenvalue weighted by Gasteiger charge is -2.25. The molecule has 1 amide bonds. The minimum absolute atomic E-state index is 0.116. The van der Waals surface area contributed by atoms with Gasteiger partial charge in [0.05, 0.1) is 6.61 Å². The number of carbonyl (C=O) groups excluding carboxylic acids is 1. The van der Waals surface area contributed by atoms with Gasteiger partial charge in [0.25, 0.3) is 0 Å². The fraction of sp³-hybridized carbons (Fsp3) is 0.923. The van der Waals surface area contributed by atoms with E-state index in [0.717, 1.165) is 32.1 Å². The first kappa shape index (κ1) is 17.2. The van der Waals surface area contributed by atoms with Crippen LogP contribution in [-0.4, -0.2) is 37.9 Å². The van der Waals surface area contributed by atoms with E-state index in [4.69, 9.17) is 5.73 Å². The Kier molecular flexibility index (Phi) is 7.29. The summed E-state index contributed by atoms with van der Waals surface area (Å²) in [5.41, 5.74) is 5.80. The van der Waals surface area contributed by atoms with Crippen molar-refractivity contribution in [2.24, 2.45) is 11.7 Å². The Morgan fingerprint density at radius 2 is 1.90 bits per heavy atom. The Bertz CT molecular complexity index is 290. The van der Waals surface area contributed by atoms with Crippen molar-refractivity contribution in [3.63, 3.8) is 0 Å². The highest BCUT2D eigenvalue weighted by molar-refractivity contribution is 5.75. The second-order valence-electron chi connectivity index (χ2n) is 5.34. The molecule has 1 aliphatic rings. The van der Waals surface area contributed by atoms with Gasteiger partial charge in [-0.2, -0.15) is 13.2 Å². The molecule has 1 rings (SSSR count). The average molecular weight is 296 g/mol. The SMILES string of the molecule is NC1CCC(CCC(=O)NCCOCC(F)(F)F)CC1. The molecule has 1 saturated carbocycles. The van der Waals surface area contributed by atoms with Gasteiger partial charge >= 0.3 is 6.18 Å². The van der Waals surface area contributed by atoms with Crippen molar-refractivity contribution >= 4 is 5.91 Å². The van der Waals surface area contributed by atoms with E-state index in [2.05, 4.69) is 10.1 Å². The number of amides is 1. The van der Waals surface area contributed by atoms with E-state index in [9.17, 15) is 18.0 Å². The van der Waals surface area contributed by atoms with Crippen molar-refractivity contribution in [1.29, 1.82) is 0 Å². The third-order valence-electron chi connectivity index (χ3n) is 3.51. The summed E-state index contributed by atoms with van der Waals surface area (Å²) in [5, 5.41) is 2.56. The summed E-state index contributed by atoms with van der Waals surface area (Å²) in [6.07, 6.45) is 1.06. The van der Waals surface area contributed by atoms with Crippen LogP contribution in [0.3, 0.4) is 0 Å². The van der Waals surface area contributed by atoms with E-state index >= 15 is 0 Å². The minimum Gasteiger partial charge on any atom is -0.370 e. The van der Waals surface area contributed by atoms with Gasteiger partial charge in [-0.3, -0.25) is 4.79 Å². The highest BCUT2D eigenvalue weighted by Crippen LogP contribution is 2.26. The summed E-state index contributed by atoms with van der Waals surface area (Å²) < 4.78 is 39.7. The number of nitrogens with one attached hydrogen (secondary N) is 1. The molecule has 0 unspecified atom stereocenters.